The molecule has 0 heterocycles. The lowest BCUT2D eigenvalue weighted by Crippen LogP contribution is -2.36. The van der Waals surface area contributed by atoms with Gasteiger partial charge in [-0.25, -0.2) is 0 Å². The number of amidine groups is 1. The average Bonchev–Trinajstić information content (AvgIpc) is 2.97. The minimum atomic E-state index is 0.349. The molecule has 0 saturated heterocycles. The van der Waals surface area contributed by atoms with Crippen molar-refractivity contribution in [2.45, 2.75) is 46.0 Å². The summed E-state index contributed by atoms with van der Waals surface area (Å²) in [6.45, 7) is 7.77. The summed E-state index contributed by atoms with van der Waals surface area (Å²) in [4.78, 5) is 2.52. The van der Waals surface area contributed by atoms with E-state index >= 15 is 0 Å². The van der Waals surface area contributed by atoms with Crippen molar-refractivity contribution in [2.24, 2.45) is 34.6 Å². The van der Waals surface area contributed by atoms with E-state index in [1.807, 2.05) is 0 Å². The van der Waals surface area contributed by atoms with Crippen LogP contribution in [0, 0.1) is 23.7 Å². The average molecular weight is 267 g/mol. The Morgan fingerprint density at radius 3 is 2.68 bits per heavy atom. The zero-order valence-corrected chi connectivity index (χ0v) is 12.4. The van der Waals surface area contributed by atoms with Gasteiger partial charge in [-0.05, 0) is 42.9 Å². The van der Waals surface area contributed by atoms with Crippen LogP contribution in [-0.4, -0.2) is 35.6 Å². The molecule has 2 bridgehead atoms. The van der Waals surface area contributed by atoms with Gasteiger partial charge in [0.15, 0.2) is 0 Å². The third-order valence-corrected chi connectivity index (χ3v) is 4.81. The lowest BCUT2D eigenvalue weighted by atomic mass is 9.88. The fourth-order valence-corrected chi connectivity index (χ4v) is 4.03. The number of hydrogen-bond acceptors (Lipinski definition) is 3. The number of fused-ring (bicyclic) bond motifs is 2. The summed E-state index contributed by atoms with van der Waals surface area (Å²) in [6, 6.07) is 0. The second-order valence-corrected chi connectivity index (χ2v) is 6.93. The molecule has 0 radical (unpaired) electrons. The Balaban J connectivity index is 1.83. The molecule has 3 atom stereocenters. The molecule has 0 amide bonds. The lowest BCUT2D eigenvalue weighted by Gasteiger charge is -2.31. The van der Waals surface area contributed by atoms with Gasteiger partial charge in [-0.15, -0.1) is 0 Å². The van der Waals surface area contributed by atoms with Gasteiger partial charge in [0.1, 0.15) is 5.84 Å². The third kappa shape index (κ3) is 4.10. The van der Waals surface area contributed by atoms with E-state index in [4.69, 9.17) is 10.9 Å². The van der Waals surface area contributed by atoms with E-state index in [-0.39, 0.29) is 0 Å². The summed E-state index contributed by atoms with van der Waals surface area (Å²) in [5.41, 5.74) is 5.59. The van der Waals surface area contributed by atoms with E-state index < -0.39 is 0 Å². The van der Waals surface area contributed by atoms with Crippen LogP contribution >= 0.6 is 0 Å². The topological polar surface area (TPSA) is 61.8 Å². The van der Waals surface area contributed by atoms with E-state index in [1.165, 1.54) is 32.2 Å². The largest absolute Gasteiger partial charge is 0.409 e. The van der Waals surface area contributed by atoms with Crippen LogP contribution in [0.25, 0.3) is 0 Å². The molecule has 2 rings (SSSR count). The Hall–Kier alpha value is -0.770. The highest BCUT2D eigenvalue weighted by Gasteiger charge is 2.39. The Kier molecular flexibility index (Phi) is 5.08. The van der Waals surface area contributed by atoms with E-state index in [0.29, 0.717) is 18.2 Å². The molecule has 2 saturated carbocycles. The normalized spacial score (nSPS) is 30.7. The minimum absolute atomic E-state index is 0.349. The molecule has 3 N–H and O–H groups in total. The van der Waals surface area contributed by atoms with Gasteiger partial charge in [0.25, 0.3) is 0 Å². The summed E-state index contributed by atoms with van der Waals surface area (Å²) in [5.74, 6) is 3.90. The molecule has 4 heteroatoms. The van der Waals surface area contributed by atoms with Crippen LogP contribution in [0.3, 0.4) is 0 Å². The molecule has 3 unspecified atom stereocenters. The SMILES string of the molecule is CC(C)CN(CCC(N)=NO)CC1CC2CCC1C2. The number of nitrogens with two attached hydrogens (primary N) is 1. The predicted octanol–water partition coefficient (Wildman–Crippen LogP) is 2.52. The van der Waals surface area contributed by atoms with Crippen LogP contribution in [0.15, 0.2) is 5.16 Å². The van der Waals surface area contributed by atoms with E-state index in [9.17, 15) is 0 Å². The van der Waals surface area contributed by atoms with Gasteiger partial charge in [0.05, 0.1) is 0 Å². The van der Waals surface area contributed by atoms with Gasteiger partial charge >= 0.3 is 0 Å². The van der Waals surface area contributed by atoms with Crippen LogP contribution in [0.1, 0.15) is 46.0 Å². The van der Waals surface area contributed by atoms with Gasteiger partial charge in [0, 0.05) is 26.1 Å². The molecular formula is C15H29N3O. The quantitative estimate of drug-likeness (QED) is 0.322. The molecule has 0 aromatic rings. The fourth-order valence-electron chi connectivity index (χ4n) is 4.03. The summed E-state index contributed by atoms with van der Waals surface area (Å²) >= 11 is 0. The maximum Gasteiger partial charge on any atom is 0.140 e. The van der Waals surface area contributed by atoms with Crippen molar-refractivity contribution in [1.29, 1.82) is 0 Å². The number of hydrogen-bond donors (Lipinski definition) is 2. The Morgan fingerprint density at radius 2 is 2.16 bits per heavy atom. The molecular weight excluding hydrogens is 238 g/mol. The molecule has 19 heavy (non-hydrogen) atoms. The number of rotatable bonds is 7. The van der Waals surface area contributed by atoms with Crippen molar-refractivity contribution in [1.82, 2.24) is 4.90 Å². The zero-order chi connectivity index (χ0) is 13.8. The smallest absolute Gasteiger partial charge is 0.140 e. The van der Waals surface area contributed by atoms with Gasteiger partial charge in [0.2, 0.25) is 0 Å². The number of nitrogens with zero attached hydrogens (tertiary/aromatic N) is 2. The van der Waals surface area contributed by atoms with Crippen molar-refractivity contribution in [2.75, 3.05) is 19.6 Å². The second kappa shape index (κ2) is 6.60. The standard InChI is InChI=1S/C15H29N3O/c1-11(2)9-18(6-5-15(16)17-19)10-14-8-12-3-4-13(14)7-12/h11-14,19H,3-10H2,1-2H3,(H2,16,17). The molecule has 2 fully saturated rings. The van der Waals surface area contributed by atoms with Gasteiger partial charge in [-0.2, -0.15) is 0 Å². The zero-order valence-electron chi connectivity index (χ0n) is 12.4. The predicted molar refractivity (Wildman–Crippen MR) is 78.2 cm³/mol. The number of oxime groups is 1. The van der Waals surface area contributed by atoms with Crippen LogP contribution in [0.5, 0.6) is 0 Å². The van der Waals surface area contributed by atoms with Crippen molar-refractivity contribution in [3.05, 3.63) is 0 Å². The molecule has 0 aliphatic heterocycles. The van der Waals surface area contributed by atoms with Crippen LogP contribution in [0.4, 0.5) is 0 Å². The maximum atomic E-state index is 8.64. The van der Waals surface area contributed by atoms with Crippen LogP contribution < -0.4 is 5.73 Å². The first-order valence-electron chi connectivity index (χ1n) is 7.77. The Morgan fingerprint density at radius 1 is 1.37 bits per heavy atom. The maximum absolute atomic E-state index is 8.64. The van der Waals surface area contributed by atoms with Gasteiger partial charge < -0.3 is 15.8 Å². The third-order valence-electron chi connectivity index (χ3n) is 4.81. The fraction of sp³-hybridized carbons (Fsp3) is 0.933. The highest BCUT2D eigenvalue weighted by Crippen LogP contribution is 2.48. The molecule has 0 aromatic carbocycles. The highest BCUT2D eigenvalue weighted by atomic mass is 16.4. The molecule has 0 aromatic heterocycles. The second-order valence-electron chi connectivity index (χ2n) is 6.93. The first-order chi connectivity index (χ1) is 9.08. The van der Waals surface area contributed by atoms with Crippen molar-refractivity contribution in [3.8, 4) is 0 Å². The van der Waals surface area contributed by atoms with E-state index in [1.54, 1.807) is 0 Å². The first-order valence-corrected chi connectivity index (χ1v) is 7.77. The Bertz CT molecular complexity index is 317. The highest BCUT2D eigenvalue weighted by molar-refractivity contribution is 5.79. The van der Waals surface area contributed by atoms with E-state index in [2.05, 4.69) is 23.9 Å². The Labute approximate surface area is 117 Å². The van der Waals surface area contributed by atoms with Crippen molar-refractivity contribution < 1.29 is 5.21 Å². The summed E-state index contributed by atoms with van der Waals surface area (Å²) in [6.07, 6.45) is 6.49. The summed E-state index contributed by atoms with van der Waals surface area (Å²) < 4.78 is 0. The molecule has 2 aliphatic carbocycles. The monoisotopic (exact) mass is 267 g/mol. The van der Waals surface area contributed by atoms with Crippen molar-refractivity contribution in [3.63, 3.8) is 0 Å². The first kappa shape index (κ1) is 14.6. The molecule has 4 nitrogen and oxygen atoms in total. The molecule has 0 spiro atoms. The minimum Gasteiger partial charge on any atom is -0.409 e. The summed E-state index contributed by atoms with van der Waals surface area (Å²) in [5, 5.41) is 11.7. The summed E-state index contributed by atoms with van der Waals surface area (Å²) in [7, 11) is 0. The van der Waals surface area contributed by atoms with E-state index in [0.717, 1.165) is 30.8 Å². The van der Waals surface area contributed by atoms with Gasteiger partial charge in [-0.1, -0.05) is 25.4 Å². The van der Waals surface area contributed by atoms with Crippen LogP contribution in [-0.2, 0) is 0 Å². The molecule has 2 aliphatic rings. The molecule has 110 valence electrons. The van der Waals surface area contributed by atoms with Gasteiger partial charge in [-0.3, -0.25) is 0 Å². The lowest BCUT2D eigenvalue weighted by molar-refractivity contribution is 0.177. The van der Waals surface area contributed by atoms with Crippen LogP contribution in [0.2, 0.25) is 0 Å². The van der Waals surface area contributed by atoms with Crippen molar-refractivity contribution >= 4 is 5.84 Å².